The fourth-order valence-electron chi connectivity index (χ4n) is 3.59. The van der Waals surface area contributed by atoms with Crippen LogP contribution in [-0.4, -0.2) is 62.6 Å². The summed E-state index contributed by atoms with van der Waals surface area (Å²) in [6.45, 7) is 3.58. The topological polar surface area (TPSA) is 107 Å². The Hall–Kier alpha value is -3.69. The molecule has 2 aliphatic rings. The minimum Gasteiger partial charge on any atom is -0.497 e. The van der Waals surface area contributed by atoms with Crippen LogP contribution < -0.4 is 9.47 Å². The Morgan fingerprint density at radius 3 is 1.70 bits per heavy atom. The predicted molar refractivity (Wildman–Crippen MR) is 113 cm³/mol. The molecule has 2 fully saturated rings. The minimum absolute atomic E-state index is 0.118. The summed E-state index contributed by atoms with van der Waals surface area (Å²) in [7, 11) is 1.54. The molecular formula is C24H22O9. The van der Waals surface area contributed by atoms with Gasteiger partial charge in [0, 0.05) is 6.08 Å². The number of methoxy groups -OCH3 is 1. The molecule has 2 aromatic carbocycles. The summed E-state index contributed by atoms with van der Waals surface area (Å²) in [4.78, 5) is 36.2. The van der Waals surface area contributed by atoms with Crippen LogP contribution in [0, 0.1) is 0 Å². The standard InChI is InChI=1S/C24H22O9/c1-3-20(25)31-17-10-6-15(7-11-17)24(27)33-19-13-30-21-18(12-29-22(19)21)32-23(26)14-4-8-16(28-2)9-5-14/h3-11,18-19,21-22H,1,12-13H2,2H3/t18-,19-,21-,22-/m1/s1. The lowest BCUT2D eigenvalue weighted by atomic mass is 10.1. The van der Waals surface area contributed by atoms with Crippen LogP contribution in [0.15, 0.2) is 61.2 Å². The zero-order chi connectivity index (χ0) is 23.4. The summed E-state index contributed by atoms with van der Waals surface area (Å²) in [5, 5.41) is 0. The van der Waals surface area contributed by atoms with Gasteiger partial charge in [-0.2, -0.15) is 0 Å². The molecule has 0 N–H and O–H groups in total. The number of carbonyl (C=O) groups excluding carboxylic acids is 3. The fourth-order valence-corrected chi connectivity index (χ4v) is 3.59. The van der Waals surface area contributed by atoms with Crippen LogP contribution in [0.1, 0.15) is 20.7 Å². The van der Waals surface area contributed by atoms with Gasteiger partial charge in [-0.1, -0.05) is 6.58 Å². The third-order valence-corrected chi connectivity index (χ3v) is 5.28. The third kappa shape index (κ3) is 5.05. The highest BCUT2D eigenvalue weighted by molar-refractivity contribution is 5.90. The van der Waals surface area contributed by atoms with E-state index in [4.69, 9.17) is 28.4 Å². The second kappa shape index (κ2) is 9.85. The number of hydrogen-bond donors (Lipinski definition) is 0. The molecule has 2 saturated heterocycles. The molecule has 9 nitrogen and oxygen atoms in total. The molecule has 2 aromatic rings. The molecular weight excluding hydrogens is 432 g/mol. The van der Waals surface area contributed by atoms with E-state index >= 15 is 0 Å². The Labute approximate surface area is 189 Å². The van der Waals surface area contributed by atoms with E-state index in [1.165, 1.54) is 24.3 Å². The summed E-state index contributed by atoms with van der Waals surface area (Å²) in [5.74, 6) is -0.769. The number of ether oxygens (including phenoxy) is 6. The van der Waals surface area contributed by atoms with Gasteiger partial charge in [0.25, 0.3) is 0 Å². The van der Waals surface area contributed by atoms with E-state index in [1.807, 2.05) is 0 Å². The average Bonchev–Trinajstić information content (AvgIpc) is 3.42. The quantitative estimate of drug-likeness (QED) is 0.354. The first-order valence-electron chi connectivity index (χ1n) is 10.2. The van der Waals surface area contributed by atoms with Crippen molar-refractivity contribution in [3.05, 3.63) is 72.3 Å². The summed E-state index contributed by atoms with van der Waals surface area (Å²) in [6, 6.07) is 12.5. The maximum absolute atomic E-state index is 12.5. The van der Waals surface area contributed by atoms with Crippen molar-refractivity contribution in [1.29, 1.82) is 0 Å². The van der Waals surface area contributed by atoms with Crippen LogP contribution in [-0.2, 0) is 23.7 Å². The highest BCUT2D eigenvalue weighted by Crippen LogP contribution is 2.31. The monoisotopic (exact) mass is 454 g/mol. The Bertz CT molecular complexity index is 1030. The van der Waals surface area contributed by atoms with Gasteiger partial charge in [-0.05, 0) is 48.5 Å². The predicted octanol–water partition coefficient (Wildman–Crippen LogP) is 2.34. The first-order valence-corrected chi connectivity index (χ1v) is 10.2. The van der Waals surface area contributed by atoms with Crippen molar-refractivity contribution in [3.63, 3.8) is 0 Å². The molecule has 0 aliphatic carbocycles. The van der Waals surface area contributed by atoms with E-state index in [-0.39, 0.29) is 24.5 Å². The van der Waals surface area contributed by atoms with Gasteiger partial charge in [-0.15, -0.1) is 0 Å². The second-order valence-electron chi connectivity index (χ2n) is 7.36. The van der Waals surface area contributed by atoms with E-state index in [1.54, 1.807) is 31.4 Å². The maximum Gasteiger partial charge on any atom is 0.338 e. The molecule has 0 aromatic heterocycles. The molecule has 2 aliphatic heterocycles. The molecule has 4 rings (SSSR count). The zero-order valence-electron chi connectivity index (χ0n) is 17.8. The highest BCUT2D eigenvalue weighted by Gasteiger charge is 2.51. The number of hydrogen-bond acceptors (Lipinski definition) is 9. The van der Waals surface area contributed by atoms with Crippen LogP contribution in [0.25, 0.3) is 0 Å². The lowest BCUT2D eigenvalue weighted by molar-refractivity contribution is -0.128. The largest absolute Gasteiger partial charge is 0.497 e. The van der Waals surface area contributed by atoms with Crippen molar-refractivity contribution in [2.45, 2.75) is 24.4 Å². The summed E-state index contributed by atoms with van der Waals surface area (Å²) < 4.78 is 32.6. The lowest BCUT2D eigenvalue weighted by Crippen LogP contribution is -2.36. The van der Waals surface area contributed by atoms with E-state index in [2.05, 4.69) is 6.58 Å². The first-order chi connectivity index (χ1) is 16.0. The molecule has 0 saturated carbocycles. The molecule has 0 unspecified atom stereocenters. The highest BCUT2D eigenvalue weighted by atomic mass is 16.7. The van der Waals surface area contributed by atoms with Gasteiger partial charge in [-0.25, -0.2) is 14.4 Å². The number of benzene rings is 2. The Morgan fingerprint density at radius 2 is 1.27 bits per heavy atom. The van der Waals surface area contributed by atoms with Crippen LogP contribution in [0.2, 0.25) is 0 Å². The molecule has 172 valence electrons. The smallest absolute Gasteiger partial charge is 0.338 e. The lowest BCUT2D eigenvalue weighted by Gasteiger charge is -2.17. The second-order valence-corrected chi connectivity index (χ2v) is 7.36. The third-order valence-electron chi connectivity index (χ3n) is 5.28. The molecule has 2 heterocycles. The molecule has 0 radical (unpaired) electrons. The van der Waals surface area contributed by atoms with Gasteiger partial charge in [0.1, 0.15) is 23.7 Å². The van der Waals surface area contributed by atoms with Gasteiger partial charge in [0.2, 0.25) is 0 Å². The van der Waals surface area contributed by atoms with Crippen LogP contribution in [0.4, 0.5) is 0 Å². The summed E-state index contributed by atoms with van der Waals surface area (Å²) in [6.07, 6.45) is -1.30. The molecule has 9 heteroatoms. The Balaban J connectivity index is 1.32. The SMILES string of the molecule is C=CC(=O)Oc1ccc(C(=O)O[C@@H]2CO[C@H]3[C@@H]2OC[C@H]3OC(=O)c2ccc(OC)cc2)cc1. The molecule has 0 bridgehead atoms. The number of carbonyl (C=O) groups is 3. The van der Waals surface area contributed by atoms with E-state index in [0.29, 0.717) is 11.3 Å². The maximum atomic E-state index is 12.5. The van der Waals surface area contributed by atoms with Crippen molar-refractivity contribution in [3.8, 4) is 11.5 Å². The molecule has 4 atom stereocenters. The number of rotatable bonds is 7. The molecule has 0 spiro atoms. The van der Waals surface area contributed by atoms with E-state index in [9.17, 15) is 14.4 Å². The van der Waals surface area contributed by atoms with Gasteiger partial charge in [-0.3, -0.25) is 0 Å². The summed E-state index contributed by atoms with van der Waals surface area (Å²) >= 11 is 0. The van der Waals surface area contributed by atoms with E-state index < -0.39 is 42.3 Å². The normalized spacial score (nSPS) is 23.3. The zero-order valence-corrected chi connectivity index (χ0v) is 17.8. The minimum atomic E-state index is -0.648. The van der Waals surface area contributed by atoms with Crippen molar-refractivity contribution in [2.24, 2.45) is 0 Å². The average molecular weight is 454 g/mol. The fraction of sp³-hybridized carbons (Fsp3) is 0.292. The van der Waals surface area contributed by atoms with Crippen molar-refractivity contribution >= 4 is 17.9 Å². The Kier molecular flexibility index (Phi) is 6.71. The van der Waals surface area contributed by atoms with Crippen molar-refractivity contribution in [1.82, 2.24) is 0 Å². The number of fused-ring (bicyclic) bond motifs is 1. The Morgan fingerprint density at radius 1 is 0.818 bits per heavy atom. The van der Waals surface area contributed by atoms with Crippen molar-refractivity contribution < 1.29 is 42.8 Å². The number of esters is 3. The van der Waals surface area contributed by atoms with Crippen LogP contribution in [0.5, 0.6) is 11.5 Å². The van der Waals surface area contributed by atoms with E-state index in [0.717, 1.165) is 6.08 Å². The molecule has 33 heavy (non-hydrogen) atoms. The van der Waals surface area contributed by atoms with Gasteiger partial charge in [0.15, 0.2) is 12.2 Å². The van der Waals surface area contributed by atoms with Crippen LogP contribution in [0.3, 0.4) is 0 Å². The summed E-state index contributed by atoms with van der Waals surface area (Å²) in [5.41, 5.74) is 0.653. The molecule has 0 amide bonds. The van der Waals surface area contributed by atoms with Gasteiger partial charge in [0.05, 0.1) is 31.5 Å². The van der Waals surface area contributed by atoms with Crippen molar-refractivity contribution in [2.75, 3.05) is 20.3 Å². The van der Waals surface area contributed by atoms with Crippen LogP contribution >= 0.6 is 0 Å². The van der Waals surface area contributed by atoms with Gasteiger partial charge >= 0.3 is 17.9 Å². The van der Waals surface area contributed by atoms with Gasteiger partial charge < -0.3 is 28.4 Å². The first kappa shape index (κ1) is 22.5.